The Kier molecular flexibility index (Phi) is 7.87. The fourth-order valence-corrected chi connectivity index (χ4v) is 4.20. The number of nitro benzene ring substituents is 2. The van der Waals surface area contributed by atoms with E-state index in [-0.39, 0.29) is 16.6 Å². The van der Waals surface area contributed by atoms with Crippen LogP contribution in [0.25, 0.3) is 10.8 Å². The van der Waals surface area contributed by atoms with E-state index in [0.29, 0.717) is 17.8 Å². The fraction of sp³-hybridized carbons (Fsp3) is 0.0741. The van der Waals surface area contributed by atoms with E-state index >= 15 is 0 Å². The van der Waals surface area contributed by atoms with Crippen molar-refractivity contribution >= 4 is 62.7 Å². The smallest absolute Gasteiger partial charge is 0.277 e. The molecular weight excluding hydrogens is 522 g/mol. The van der Waals surface area contributed by atoms with Crippen LogP contribution in [-0.2, 0) is 0 Å². The van der Waals surface area contributed by atoms with Gasteiger partial charge < -0.3 is 10.2 Å². The highest BCUT2D eigenvalue weighted by atomic mass is 32.1. The van der Waals surface area contributed by atoms with Crippen LogP contribution in [0.4, 0.5) is 22.7 Å². The van der Waals surface area contributed by atoms with Gasteiger partial charge in [0.25, 0.3) is 23.2 Å². The molecule has 0 heterocycles. The number of non-ortho nitro benzene ring substituents is 2. The fourth-order valence-electron chi connectivity index (χ4n) is 3.99. The van der Waals surface area contributed by atoms with Crippen molar-refractivity contribution in [1.82, 2.24) is 5.32 Å². The van der Waals surface area contributed by atoms with Gasteiger partial charge in [-0.1, -0.05) is 36.4 Å². The molecule has 4 aromatic rings. The molecule has 0 saturated carbocycles. The Bertz CT molecular complexity index is 1590. The molecule has 0 saturated heterocycles. The van der Waals surface area contributed by atoms with Crippen LogP contribution in [0.2, 0.25) is 0 Å². The SMILES string of the molecule is CCN(C(=O)c1ccc(NC(=S)NC(=O)c2cc([N+](=O)[O-])cc([N+](=O)[O-])c2)cc1)c1cccc2ccccc12. The van der Waals surface area contributed by atoms with Crippen molar-refractivity contribution < 1.29 is 19.4 Å². The summed E-state index contributed by atoms with van der Waals surface area (Å²) < 4.78 is 0. The number of anilines is 2. The molecule has 0 atom stereocenters. The Morgan fingerprint density at radius 2 is 1.46 bits per heavy atom. The van der Waals surface area contributed by atoms with Crippen LogP contribution >= 0.6 is 12.2 Å². The average molecular weight is 544 g/mol. The Morgan fingerprint density at radius 1 is 0.846 bits per heavy atom. The summed E-state index contributed by atoms with van der Waals surface area (Å²) in [4.78, 5) is 48.1. The number of carbonyl (C=O) groups is 2. The first-order chi connectivity index (χ1) is 18.7. The maximum atomic E-state index is 13.3. The van der Waals surface area contributed by atoms with Crippen LogP contribution in [0.15, 0.2) is 84.9 Å². The predicted molar refractivity (Wildman–Crippen MR) is 151 cm³/mol. The summed E-state index contributed by atoms with van der Waals surface area (Å²) in [6, 6.07) is 22.7. The van der Waals surface area contributed by atoms with Crippen LogP contribution in [0.5, 0.6) is 0 Å². The van der Waals surface area contributed by atoms with Crippen molar-refractivity contribution in [2.24, 2.45) is 0 Å². The summed E-state index contributed by atoms with van der Waals surface area (Å²) in [5.41, 5.74) is 0.211. The molecule has 0 spiro atoms. The number of thiocarbonyl (C=S) groups is 1. The van der Waals surface area contributed by atoms with E-state index in [1.807, 2.05) is 49.4 Å². The van der Waals surface area contributed by atoms with Crippen LogP contribution in [0.3, 0.4) is 0 Å². The maximum absolute atomic E-state index is 13.3. The van der Waals surface area contributed by atoms with Gasteiger partial charge in [-0.3, -0.25) is 35.1 Å². The van der Waals surface area contributed by atoms with Crippen molar-refractivity contribution in [3.05, 3.63) is 116 Å². The van der Waals surface area contributed by atoms with Crippen LogP contribution < -0.4 is 15.5 Å². The Hall–Kier alpha value is -5.23. The minimum atomic E-state index is -0.861. The minimum absolute atomic E-state index is 0.140. The van der Waals surface area contributed by atoms with Gasteiger partial charge in [0.15, 0.2) is 5.11 Å². The quantitative estimate of drug-likeness (QED) is 0.178. The van der Waals surface area contributed by atoms with Crippen molar-refractivity contribution in [2.75, 3.05) is 16.8 Å². The van der Waals surface area contributed by atoms with E-state index in [9.17, 15) is 29.8 Å². The number of carbonyl (C=O) groups excluding carboxylic acids is 2. The molecular formula is C27H21N5O6S. The zero-order chi connectivity index (χ0) is 28.1. The number of fused-ring (bicyclic) bond motifs is 1. The van der Waals surface area contributed by atoms with E-state index < -0.39 is 27.1 Å². The number of hydrogen-bond donors (Lipinski definition) is 2. The zero-order valence-corrected chi connectivity index (χ0v) is 21.3. The third kappa shape index (κ3) is 6.02. The molecule has 0 aliphatic rings. The molecule has 12 heteroatoms. The number of nitrogens with zero attached hydrogens (tertiary/aromatic N) is 3. The molecule has 2 amide bonds. The standard InChI is InChI=1S/C27H21N5O6S/c1-2-30(24-9-5-7-17-6-3-4-8-23(17)24)26(34)18-10-12-20(13-11-18)28-27(39)29-25(33)19-14-21(31(35)36)16-22(15-19)32(37)38/h3-16H,2H2,1H3,(H2,28,29,33,39). The number of nitrogens with one attached hydrogen (secondary N) is 2. The molecule has 11 nitrogen and oxygen atoms in total. The molecule has 0 fully saturated rings. The molecule has 0 bridgehead atoms. The molecule has 2 N–H and O–H groups in total. The normalized spacial score (nSPS) is 10.5. The van der Waals surface area contributed by atoms with Gasteiger partial charge in [-0.15, -0.1) is 0 Å². The summed E-state index contributed by atoms with van der Waals surface area (Å²) in [7, 11) is 0. The second-order valence-electron chi connectivity index (χ2n) is 8.29. The van der Waals surface area contributed by atoms with Crippen molar-refractivity contribution in [2.45, 2.75) is 6.92 Å². The van der Waals surface area contributed by atoms with Gasteiger partial charge in [-0.05, 0) is 54.9 Å². The van der Waals surface area contributed by atoms with E-state index in [0.717, 1.165) is 34.7 Å². The maximum Gasteiger partial charge on any atom is 0.277 e. The number of benzene rings is 4. The molecule has 196 valence electrons. The summed E-state index contributed by atoms with van der Waals surface area (Å²) in [5, 5.41) is 29.1. The lowest BCUT2D eigenvalue weighted by atomic mass is 10.1. The van der Waals surface area contributed by atoms with E-state index in [4.69, 9.17) is 12.2 Å². The highest BCUT2D eigenvalue weighted by Gasteiger charge is 2.21. The van der Waals surface area contributed by atoms with Gasteiger partial charge in [0.05, 0.1) is 27.2 Å². The second kappa shape index (κ2) is 11.4. The third-order valence-electron chi connectivity index (χ3n) is 5.82. The van der Waals surface area contributed by atoms with E-state index in [1.165, 1.54) is 0 Å². The van der Waals surface area contributed by atoms with E-state index in [2.05, 4.69) is 10.6 Å². The molecule has 0 aromatic heterocycles. The van der Waals surface area contributed by atoms with Crippen molar-refractivity contribution in [3.63, 3.8) is 0 Å². The minimum Gasteiger partial charge on any atom is -0.332 e. The first kappa shape index (κ1) is 26.8. The van der Waals surface area contributed by atoms with Gasteiger partial charge in [-0.25, -0.2) is 0 Å². The first-order valence-corrected chi connectivity index (χ1v) is 12.0. The lowest BCUT2D eigenvalue weighted by Crippen LogP contribution is -2.34. The van der Waals surface area contributed by atoms with Crippen LogP contribution in [-0.4, -0.2) is 33.3 Å². The second-order valence-corrected chi connectivity index (χ2v) is 8.69. The molecule has 4 aromatic carbocycles. The highest BCUT2D eigenvalue weighted by molar-refractivity contribution is 7.80. The largest absolute Gasteiger partial charge is 0.332 e. The third-order valence-corrected chi connectivity index (χ3v) is 6.03. The lowest BCUT2D eigenvalue weighted by molar-refractivity contribution is -0.394. The Morgan fingerprint density at radius 3 is 2.08 bits per heavy atom. The number of hydrogen-bond acceptors (Lipinski definition) is 7. The van der Waals surface area contributed by atoms with Crippen molar-refractivity contribution in [1.29, 1.82) is 0 Å². The van der Waals surface area contributed by atoms with Crippen molar-refractivity contribution in [3.8, 4) is 0 Å². The molecule has 4 rings (SSSR count). The van der Waals surface area contributed by atoms with Crippen LogP contribution in [0, 0.1) is 20.2 Å². The number of rotatable bonds is 7. The van der Waals surface area contributed by atoms with Gasteiger partial charge in [0, 0.05) is 35.3 Å². The topological polar surface area (TPSA) is 148 Å². The molecule has 0 aliphatic heterocycles. The summed E-state index contributed by atoms with van der Waals surface area (Å²) in [6.45, 7) is 2.35. The molecule has 0 aliphatic carbocycles. The monoisotopic (exact) mass is 543 g/mol. The summed E-state index contributed by atoms with van der Waals surface area (Å²) in [6.07, 6.45) is 0. The molecule has 0 radical (unpaired) electrons. The highest BCUT2D eigenvalue weighted by Crippen LogP contribution is 2.28. The molecule has 0 unspecified atom stereocenters. The Balaban J connectivity index is 1.46. The molecule has 39 heavy (non-hydrogen) atoms. The lowest BCUT2D eigenvalue weighted by Gasteiger charge is -2.23. The number of amides is 2. The first-order valence-electron chi connectivity index (χ1n) is 11.6. The Labute approximate surface area is 227 Å². The van der Waals surface area contributed by atoms with E-state index in [1.54, 1.807) is 29.2 Å². The zero-order valence-electron chi connectivity index (χ0n) is 20.5. The van der Waals surface area contributed by atoms with Crippen LogP contribution in [0.1, 0.15) is 27.6 Å². The number of nitro groups is 2. The van der Waals surface area contributed by atoms with Gasteiger partial charge in [-0.2, -0.15) is 0 Å². The summed E-state index contributed by atoms with van der Waals surface area (Å²) >= 11 is 5.15. The summed E-state index contributed by atoms with van der Waals surface area (Å²) in [5.74, 6) is -1.05. The predicted octanol–water partition coefficient (Wildman–Crippen LogP) is 5.45. The average Bonchev–Trinajstić information content (AvgIpc) is 2.93. The van der Waals surface area contributed by atoms with Gasteiger partial charge >= 0.3 is 0 Å². The van der Waals surface area contributed by atoms with Gasteiger partial charge in [0.1, 0.15) is 0 Å². The van der Waals surface area contributed by atoms with Gasteiger partial charge in [0.2, 0.25) is 0 Å².